The van der Waals surface area contributed by atoms with Crippen molar-refractivity contribution in [3.63, 3.8) is 0 Å². The van der Waals surface area contributed by atoms with Gasteiger partial charge in [0.05, 0.1) is 24.0 Å². The zero-order chi connectivity index (χ0) is 69.2. The smallest absolute Gasteiger partial charge is 0.870 e. The fraction of sp³-hybridized carbons (Fsp3) is 0.426. The van der Waals surface area contributed by atoms with Gasteiger partial charge in [-0.3, -0.25) is 42.6 Å². The number of rotatable bonds is 34. The molecule has 0 unspecified atom stereocenters. The number of hydrogen-bond donors (Lipinski definition) is 9. The maximum Gasteiger partial charge on any atom is 2.00 e. The molecule has 0 heterocycles. The quantitative estimate of drug-likeness (QED) is 0.00218. The first kappa shape index (κ1) is 133. The average Bonchev–Trinajstić information content (AvgIpc) is 0.893. The van der Waals surface area contributed by atoms with Crippen molar-refractivity contribution in [3.05, 3.63) is 115 Å². The van der Waals surface area contributed by atoms with Gasteiger partial charge in [-0.2, -0.15) is 0 Å². The first-order chi connectivity index (χ1) is 42.3. The number of benzene rings is 3. The van der Waals surface area contributed by atoms with Crippen LogP contribution in [-0.2, 0) is 78.9 Å². The predicted octanol–water partition coefficient (Wildman–Crippen LogP) is -12.6. The second kappa shape index (κ2) is 81.4. The van der Waals surface area contributed by atoms with E-state index in [9.17, 15) is 53.6 Å². The van der Waals surface area contributed by atoms with Crippen molar-refractivity contribution in [2.75, 3.05) is 64.9 Å². The standard InChI is InChI=1S/C15H21N5O4S2.C14H10N4O5.C10H15N2O7.C7H16N2O2S2.CH2O3.Cu.3Na.H2O4S.8H2O/c1-25-26-11(6-7-12(16)14(21)22)8-18-15(23)24-9-10-4-2-3-5-13(10)19-20-17;15-17-16-13-4-2-1-3-10(13)9-22-14(19)23-12-7-5-11(6-8-12)18(20)21;13-4-3-11(5-8(14)15)1-2-12(6-9(16)17)7-10(18)19;1-12-13-5(4-8)2-3-6(9)7(10)11;2-1(3)4;;;;;1-5(2,3)4;;;;;;;;/h2-5,11-12H,6-9,16H2,1H3,(H,18,23)(H,21,22);1-8H,9H2;1-3,5-7H2,(H,14,15)(H,16,17)(H,18,19);5-6H,2-4,8-9H2,1H3,(H,10,11);(H2,2,3,4);;;;;(H2,1,2,3,4);8*1H2/q;;-1;;;+2;3*+1;;;;;;;;;/p-5/t11-,12-;;;5-,6-;;;;;;;;;;;;;;/m0..0............../s1. The third-order valence-corrected chi connectivity index (χ3v) is 14.3. The van der Waals surface area contributed by atoms with E-state index >= 15 is 0 Å². The molecule has 55 heteroatoms. The van der Waals surface area contributed by atoms with Crippen LogP contribution in [0.4, 0.5) is 31.4 Å². The van der Waals surface area contributed by atoms with E-state index in [4.69, 9.17) is 95.4 Å². The molecule has 0 aromatic heterocycles. The zero-order valence-corrected chi connectivity index (χ0v) is 65.6. The Morgan fingerprint density at radius 1 is 0.667 bits per heavy atom. The summed E-state index contributed by atoms with van der Waals surface area (Å²) < 4.78 is 49.0. The van der Waals surface area contributed by atoms with E-state index in [1.807, 2.05) is 12.5 Å². The van der Waals surface area contributed by atoms with Gasteiger partial charge in [0.1, 0.15) is 31.0 Å². The number of aliphatic carboxylic acids is 5. The number of nitro benzene ring substituents is 1. The molecule has 102 heavy (non-hydrogen) atoms. The number of ether oxygens (including phenoxy) is 3. The van der Waals surface area contributed by atoms with Crippen molar-refractivity contribution in [1.29, 1.82) is 0 Å². The molecular formula is C47H77CuN13Na3O33S5-. The van der Waals surface area contributed by atoms with Gasteiger partial charge in [-0.05, 0) is 72.5 Å². The number of non-ortho nitro benzene ring substituents is 1. The van der Waals surface area contributed by atoms with E-state index in [-0.39, 0.29) is 199 Å². The van der Waals surface area contributed by atoms with Gasteiger partial charge in [0.15, 0.2) is 0 Å². The number of azide groups is 2. The molecule has 27 N–H and O–H groups in total. The van der Waals surface area contributed by atoms with Gasteiger partial charge in [0, 0.05) is 87.0 Å². The van der Waals surface area contributed by atoms with E-state index < -0.39 is 95.3 Å². The molecule has 3 aromatic rings. The number of nitrogens with one attached hydrogen (secondary N) is 1. The van der Waals surface area contributed by atoms with E-state index in [0.717, 1.165) is 11.3 Å². The molecular weight excluding hydrogens is 1570 g/mol. The van der Waals surface area contributed by atoms with Gasteiger partial charge in [0.2, 0.25) is 6.16 Å². The summed E-state index contributed by atoms with van der Waals surface area (Å²) in [6.07, 6.45) is 3.87. The number of carboxylic acid groups (broad SMARTS) is 7. The number of carboxylic acids is 5. The van der Waals surface area contributed by atoms with Gasteiger partial charge >= 0.3 is 142 Å². The van der Waals surface area contributed by atoms with E-state index in [1.165, 1.54) is 57.0 Å². The van der Waals surface area contributed by atoms with Gasteiger partial charge in [-0.25, -0.2) is 15.9 Å². The third-order valence-electron chi connectivity index (χ3n) is 9.77. The van der Waals surface area contributed by atoms with Gasteiger partial charge in [-0.15, -0.1) is 0 Å². The Labute approximate surface area is 673 Å². The summed E-state index contributed by atoms with van der Waals surface area (Å²) in [5.41, 5.74) is 35.1. The molecule has 0 bridgehead atoms. The minimum absolute atomic E-state index is 0. The van der Waals surface area contributed by atoms with Crippen molar-refractivity contribution >= 4 is 125 Å². The number of nitrogens with two attached hydrogens (primary N) is 3. The molecule has 0 saturated heterocycles. The van der Waals surface area contributed by atoms with Gasteiger partial charge in [0.25, 0.3) is 5.69 Å². The van der Waals surface area contributed by atoms with Crippen LogP contribution < -0.4 is 126 Å². The van der Waals surface area contributed by atoms with Crippen molar-refractivity contribution < 1.29 is 265 Å². The predicted molar refractivity (Wildman–Crippen MR) is 346 cm³/mol. The zero-order valence-electron chi connectivity index (χ0n) is 54.6. The monoisotopic (exact) mass is 1640 g/mol. The number of carbonyl (C=O) groups excluding carboxylic acids is 4. The van der Waals surface area contributed by atoms with Crippen molar-refractivity contribution in [2.45, 2.75) is 61.5 Å². The first-order valence-corrected chi connectivity index (χ1v) is 31.2. The van der Waals surface area contributed by atoms with Crippen LogP contribution in [0.2, 0.25) is 0 Å². The SMILES string of the molecule is CSS[C@@H](CC[C@H](N)C(=O)O)CNC(=O)OCc1ccccc1N=[N+]=[N-].CSS[C@H](CN)CC[C@H](N)C(=O)O.O.O.O.O.O.O.O.O=C([O-])O.O=S(=O)([O-])[O-].O=[C-]CN(CCN(CC(=O)[O-])CC(=O)O)CC(=O)O.[Cu+2].[N-]=[N+]=Nc1ccccc1COC(=O)Oc1ccc([N+](=O)[O-])cc1.[Na+].[Na+].[Na+].[OH-]. The molecule has 0 fully saturated rings. The van der Waals surface area contributed by atoms with E-state index in [1.54, 1.807) is 70.1 Å². The van der Waals surface area contributed by atoms with Crippen LogP contribution in [-0.4, -0.2) is 244 Å². The Kier molecular flexibility index (Phi) is 106. The largest absolute Gasteiger partial charge is 2.00 e. The summed E-state index contributed by atoms with van der Waals surface area (Å²) in [5.74, 6) is -5.67. The summed E-state index contributed by atoms with van der Waals surface area (Å²) in [4.78, 5) is 112. The van der Waals surface area contributed by atoms with Crippen molar-refractivity contribution in [3.8, 4) is 5.75 Å². The molecule has 4 atom stereocenters. The Morgan fingerprint density at radius 3 is 1.39 bits per heavy atom. The molecule has 0 spiro atoms. The van der Waals surface area contributed by atoms with Gasteiger partial charge in [-0.1, -0.05) is 108 Å². The molecule has 0 aliphatic rings. The van der Waals surface area contributed by atoms with Crippen molar-refractivity contribution in [1.82, 2.24) is 15.1 Å². The number of carbonyl (C=O) groups is 8. The van der Waals surface area contributed by atoms with Crippen molar-refractivity contribution in [2.24, 2.45) is 27.4 Å². The molecule has 0 saturated carbocycles. The first-order valence-electron chi connectivity index (χ1n) is 24.6. The second-order valence-electron chi connectivity index (χ2n) is 16.4. The fourth-order valence-electron chi connectivity index (χ4n) is 5.85. The van der Waals surface area contributed by atoms with E-state index in [0.29, 0.717) is 60.1 Å². The molecule has 0 aliphatic carbocycles. The number of nitro groups is 1. The summed E-state index contributed by atoms with van der Waals surface area (Å²) in [7, 11) is 1.22. The third kappa shape index (κ3) is 80.5. The number of hydrogen-bond acceptors (Lipinski definition) is 32. The maximum atomic E-state index is 11.9. The minimum Gasteiger partial charge on any atom is -0.870 e. The number of alkyl carbamates (subject to hydrolysis) is 1. The summed E-state index contributed by atoms with van der Waals surface area (Å²) in [6, 6.07) is 16.7. The van der Waals surface area contributed by atoms with Crippen LogP contribution in [0.15, 0.2) is 83.0 Å². The minimum atomic E-state index is -5.17. The Balaban J connectivity index is -0.0000000716. The van der Waals surface area contributed by atoms with Crippen LogP contribution in [0.3, 0.4) is 0 Å². The van der Waals surface area contributed by atoms with Crippen LogP contribution >= 0.6 is 43.2 Å². The van der Waals surface area contributed by atoms with Crippen LogP contribution in [0, 0.1) is 10.1 Å². The van der Waals surface area contributed by atoms with Crippen LogP contribution in [0.1, 0.15) is 36.8 Å². The Bertz CT molecular complexity index is 2950. The topological polar surface area (TPSA) is 897 Å². The molecule has 0 aliphatic heterocycles. The second-order valence-corrected chi connectivity index (χ2v) is 22.8. The summed E-state index contributed by atoms with van der Waals surface area (Å²) in [6.45, 7) is -1.02. The number of nitrogens with zero attached hydrogens (tertiary/aromatic N) is 9. The molecule has 3 aromatic carbocycles. The molecule has 3 rings (SSSR count). The maximum absolute atomic E-state index is 11.9. The Morgan fingerprint density at radius 2 is 1.04 bits per heavy atom. The summed E-state index contributed by atoms with van der Waals surface area (Å²) in [5, 5.41) is 80.8. The average molecular weight is 1650 g/mol. The molecule has 1 radical (unpaired) electrons. The van der Waals surface area contributed by atoms with Crippen LogP contribution in [0.5, 0.6) is 5.75 Å². The van der Waals surface area contributed by atoms with E-state index in [2.05, 4.69) is 25.4 Å². The number of amides is 1. The van der Waals surface area contributed by atoms with Crippen LogP contribution in [0.25, 0.3) is 20.9 Å². The molecule has 1 amide bonds. The Hall–Kier alpha value is -5.22. The normalized spacial score (nSPS) is 10.1. The molecule has 573 valence electrons. The van der Waals surface area contributed by atoms with Gasteiger partial charge < -0.3 is 145 Å². The summed E-state index contributed by atoms with van der Waals surface area (Å²) >= 11 is 0. The fourth-order valence-corrected chi connectivity index (χ4v) is 9.74. The molecule has 46 nitrogen and oxygen atoms in total.